The molecule has 0 heterocycles. The molecule has 0 aliphatic carbocycles. The molecule has 2 N–H and O–H groups in total. The van der Waals surface area contributed by atoms with E-state index in [1.54, 1.807) is 0 Å². The van der Waals surface area contributed by atoms with Crippen LogP contribution in [-0.2, 0) is 23.6 Å². The molecule has 174 valence electrons. The van der Waals surface area contributed by atoms with E-state index in [9.17, 15) is 13.2 Å². The number of unbranched alkanes of at least 4 members (excludes halogenated alkanes) is 12. The summed E-state index contributed by atoms with van der Waals surface area (Å²) < 4.78 is 31.3. The summed E-state index contributed by atoms with van der Waals surface area (Å²) in [4.78, 5) is 11.1. The van der Waals surface area contributed by atoms with Gasteiger partial charge in [0.1, 0.15) is 0 Å². The first-order valence-electron chi connectivity index (χ1n) is 11.0. The van der Waals surface area contributed by atoms with E-state index < -0.39 is 29.1 Å². The van der Waals surface area contributed by atoms with Crippen LogP contribution in [0.5, 0.6) is 0 Å². The summed E-state index contributed by atoms with van der Waals surface area (Å²) in [5, 5.41) is 17.5. The van der Waals surface area contributed by atoms with E-state index in [2.05, 4.69) is 27.4 Å². The van der Waals surface area contributed by atoms with Crippen molar-refractivity contribution >= 4 is 16.4 Å². The predicted molar refractivity (Wildman–Crippen MR) is 115 cm³/mol. The molecular formula is C21H41NaO7S. The fraction of sp³-hybridized carbons (Fsp3) is 0.857. The Kier molecular flexibility index (Phi) is 23.9. The Hall–Kier alpha value is 0.0400. The molecule has 0 aromatic heterocycles. The maximum atomic E-state index is 11.4. The van der Waals surface area contributed by atoms with Crippen LogP contribution in [0, 0.1) is 0 Å². The van der Waals surface area contributed by atoms with Crippen LogP contribution in [0.1, 0.15) is 98.2 Å². The third kappa shape index (κ3) is 21.3. The van der Waals surface area contributed by atoms with Crippen LogP contribution < -0.4 is 29.6 Å². The van der Waals surface area contributed by atoms with E-state index in [0.29, 0.717) is 6.42 Å². The number of rotatable bonds is 20. The Morgan fingerprint density at radius 1 is 0.900 bits per heavy atom. The van der Waals surface area contributed by atoms with Gasteiger partial charge < -0.3 is 15.8 Å². The number of aliphatic hydroxyl groups is 2. The summed E-state index contributed by atoms with van der Waals surface area (Å²) in [5.41, 5.74) is 0. The molecule has 0 amide bonds. The monoisotopic (exact) mass is 460 g/mol. The van der Waals surface area contributed by atoms with E-state index in [-0.39, 0.29) is 37.6 Å². The quantitative estimate of drug-likeness (QED) is 0.160. The fourth-order valence-electron chi connectivity index (χ4n) is 2.77. The van der Waals surface area contributed by atoms with Crippen LogP contribution in [0.2, 0.25) is 0 Å². The molecule has 9 heteroatoms. The average molecular weight is 461 g/mol. The fourth-order valence-corrected chi connectivity index (χ4v) is 3.45. The second kappa shape index (κ2) is 22.2. The zero-order valence-electron chi connectivity index (χ0n) is 19.9. The molecule has 0 rings (SSSR count). The first-order chi connectivity index (χ1) is 13.9. The molecule has 0 spiro atoms. The number of carbonyl (C=O) groups is 1. The minimum atomic E-state index is -4.48. The summed E-state index contributed by atoms with van der Waals surface area (Å²) in [6.07, 6.45) is 18.8. The zero-order chi connectivity index (χ0) is 21.8. The Bertz CT molecular complexity index is 530. The molecule has 0 saturated carbocycles. The standard InChI is InChI=1S/C21H40O7S.Na.H/c1-2-3-4-5-6-7-8-9-10-11-12-13-14-15-16-17-18-27-29(25,26)28-21(24)20(23)19-22;;/h9-10,20,22-23H,2-8,11-19H2,1H3;;/q;+1;-1/b10-9-;;. The van der Waals surface area contributed by atoms with E-state index in [1.165, 1.54) is 51.4 Å². The van der Waals surface area contributed by atoms with Crippen LogP contribution in [0.25, 0.3) is 0 Å². The molecule has 0 bridgehead atoms. The van der Waals surface area contributed by atoms with Crippen molar-refractivity contribution in [3.63, 3.8) is 0 Å². The van der Waals surface area contributed by atoms with Gasteiger partial charge >= 0.3 is 45.9 Å². The van der Waals surface area contributed by atoms with E-state index in [4.69, 9.17) is 10.2 Å². The van der Waals surface area contributed by atoms with Gasteiger partial charge in [0.05, 0.1) is 13.2 Å². The minimum absolute atomic E-state index is 0. The van der Waals surface area contributed by atoms with Crippen molar-refractivity contribution in [1.29, 1.82) is 0 Å². The smallest absolute Gasteiger partial charge is 1.00 e. The first kappa shape index (κ1) is 32.2. The summed E-state index contributed by atoms with van der Waals surface area (Å²) in [5.74, 6) is -1.45. The summed E-state index contributed by atoms with van der Waals surface area (Å²) >= 11 is 0. The van der Waals surface area contributed by atoms with Gasteiger partial charge in [-0.25, -0.2) is 8.98 Å². The van der Waals surface area contributed by atoms with Crippen molar-refractivity contribution in [3.8, 4) is 0 Å². The maximum absolute atomic E-state index is 11.4. The van der Waals surface area contributed by atoms with Crippen molar-refractivity contribution in [2.75, 3.05) is 13.2 Å². The summed E-state index contributed by atoms with van der Waals surface area (Å²) in [6.45, 7) is 1.25. The van der Waals surface area contributed by atoms with Gasteiger partial charge in [-0.3, -0.25) is 0 Å². The van der Waals surface area contributed by atoms with Crippen LogP contribution >= 0.6 is 0 Å². The number of carbonyl (C=O) groups excluding carboxylic acids is 1. The van der Waals surface area contributed by atoms with Gasteiger partial charge in [-0.05, 0) is 32.1 Å². The van der Waals surface area contributed by atoms with E-state index in [1.807, 2.05) is 0 Å². The van der Waals surface area contributed by atoms with Gasteiger partial charge in [-0.1, -0.05) is 76.9 Å². The van der Waals surface area contributed by atoms with Crippen molar-refractivity contribution < 1.29 is 62.8 Å². The second-order valence-electron chi connectivity index (χ2n) is 7.27. The molecule has 0 aliphatic heterocycles. The first-order valence-corrected chi connectivity index (χ1v) is 12.3. The third-order valence-corrected chi connectivity index (χ3v) is 5.34. The van der Waals surface area contributed by atoms with Crippen molar-refractivity contribution in [2.45, 2.75) is 103 Å². The van der Waals surface area contributed by atoms with Crippen LogP contribution in [0.3, 0.4) is 0 Å². The van der Waals surface area contributed by atoms with Crippen LogP contribution in [0.15, 0.2) is 12.2 Å². The Morgan fingerprint density at radius 3 is 1.87 bits per heavy atom. The van der Waals surface area contributed by atoms with E-state index >= 15 is 0 Å². The maximum Gasteiger partial charge on any atom is 1.00 e. The number of hydrogen-bond acceptors (Lipinski definition) is 7. The second-order valence-corrected chi connectivity index (χ2v) is 8.49. The Labute approximate surface area is 206 Å². The van der Waals surface area contributed by atoms with Crippen molar-refractivity contribution in [1.82, 2.24) is 0 Å². The van der Waals surface area contributed by atoms with Gasteiger partial charge in [0, 0.05) is 0 Å². The third-order valence-electron chi connectivity index (χ3n) is 4.51. The van der Waals surface area contributed by atoms with Gasteiger partial charge in [0.2, 0.25) is 0 Å². The molecular weight excluding hydrogens is 419 g/mol. The molecule has 0 aliphatic rings. The molecule has 7 nitrogen and oxygen atoms in total. The average Bonchev–Trinajstić information content (AvgIpc) is 2.69. The zero-order valence-corrected chi connectivity index (χ0v) is 21.7. The molecule has 1 atom stereocenters. The van der Waals surface area contributed by atoms with Gasteiger partial charge in [0.15, 0.2) is 6.10 Å². The molecule has 0 saturated heterocycles. The molecule has 0 aromatic carbocycles. The molecule has 0 aromatic rings. The number of allylic oxidation sites excluding steroid dienone is 2. The van der Waals surface area contributed by atoms with Crippen LogP contribution in [0.4, 0.5) is 0 Å². The molecule has 1 unspecified atom stereocenters. The van der Waals surface area contributed by atoms with Crippen molar-refractivity contribution in [2.24, 2.45) is 0 Å². The molecule has 0 radical (unpaired) electrons. The van der Waals surface area contributed by atoms with Crippen molar-refractivity contribution in [3.05, 3.63) is 12.2 Å². The summed E-state index contributed by atoms with van der Waals surface area (Å²) in [7, 11) is -4.48. The predicted octanol–water partition coefficient (Wildman–Crippen LogP) is 1.30. The van der Waals surface area contributed by atoms with Gasteiger partial charge in [0.25, 0.3) is 0 Å². The van der Waals surface area contributed by atoms with Gasteiger partial charge in [-0.15, -0.1) is 0 Å². The number of hydrogen-bond donors (Lipinski definition) is 2. The van der Waals surface area contributed by atoms with Crippen LogP contribution in [-0.4, -0.2) is 43.9 Å². The van der Waals surface area contributed by atoms with Gasteiger partial charge in [-0.2, -0.15) is 8.42 Å². The SMILES string of the molecule is CCCCCCCC/C=C\CCCCCCCCOS(=O)(=O)OC(=O)C(O)CO.[H-].[Na+]. The largest absolute Gasteiger partial charge is 1.00 e. The number of aliphatic hydroxyl groups excluding tert-OH is 2. The summed E-state index contributed by atoms with van der Waals surface area (Å²) in [6, 6.07) is 0. The molecule has 0 fully saturated rings. The Balaban J connectivity index is -0.00000392. The normalized spacial score (nSPS) is 12.6. The Morgan fingerprint density at radius 2 is 1.37 bits per heavy atom. The topological polar surface area (TPSA) is 110 Å². The van der Waals surface area contributed by atoms with E-state index in [0.717, 1.165) is 32.1 Å². The minimum Gasteiger partial charge on any atom is -1.00 e. The molecule has 30 heavy (non-hydrogen) atoms.